The first-order valence-corrected chi connectivity index (χ1v) is 7.67. The Kier molecular flexibility index (Phi) is 5.27. The molecule has 0 aliphatic carbocycles. The van der Waals surface area contributed by atoms with Crippen molar-refractivity contribution in [2.24, 2.45) is 0 Å². The van der Waals surface area contributed by atoms with Gasteiger partial charge < -0.3 is 9.84 Å². The Morgan fingerprint density at radius 1 is 1.30 bits per heavy atom. The molecule has 0 unspecified atom stereocenters. The summed E-state index contributed by atoms with van der Waals surface area (Å²) in [6, 6.07) is 1.67. The van der Waals surface area contributed by atoms with Crippen molar-refractivity contribution in [2.45, 2.75) is 37.5 Å². The zero-order valence-electron chi connectivity index (χ0n) is 12.4. The third-order valence-electron chi connectivity index (χ3n) is 2.14. The number of aromatic carboxylic acids is 1. The number of sulfonamides is 1. The molecule has 0 amide bonds. The molecule has 1 aromatic heterocycles. The number of hydrogen-bond donors (Lipinski definition) is 2. The van der Waals surface area contributed by atoms with Crippen LogP contribution in [0, 0.1) is 0 Å². The normalized spacial score (nSPS) is 13.0. The molecule has 0 bridgehead atoms. The molecule has 0 atom stereocenters. The molecule has 0 saturated heterocycles. The van der Waals surface area contributed by atoms with E-state index in [1.807, 2.05) is 0 Å². The summed E-state index contributed by atoms with van der Waals surface area (Å²) in [5.74, 6) is -2.24. The average Bonchev–Trinajstić information content (AvgIpc) is 2.32. The largest absolute Gasteiger partial charge is 0.478 e. The minimum atomic E-state index is -4.64. The minimum absolute atomic E-state index is 0.651. The fourth-order valence-corrected chi connectivity index (χ4v) is 3.04. The molecule has 130 valence electrons. The lowest BCUT2D eigenvalue weighted by Crippen LogP contribution is -2.41. The second-order valence-electron chi connectivity index (χ2n) is 5.57. The first-order chi connectivity index (χ1) is 10.2. The van der Waals surface area contributed by atoms with E-state index in [4.69, 9.17) is 5.11 Å². The summed E-state index contributed by atoms with van der Waals surface area (Å²) in [4.78, 5) is 14.5. The monoisotopic (exact) mass is 356 g/mol. The lowest BCUT2D eigenvalue weighted by Gasteiger charge is -2.20. The molecule has 0 aromatic carbocycles. The average molecular weight is 356 g/mol. The third-order valence-corrected chi connectivity index (χ3v) is 3.85. The van der Waals surface area contributed by atoms with Crippen molar-refractivity contribution in [1.29, 1.82) is 0 Å². The van der Waals surface area contributed by atoms with Gasteiger partial charge in [0, 0.05) is 11.6 Å². The maximum Gasteiger partial charge on any atom is 0.422 e. The van der Waals surface area contributed by atoms with Crippen LogP contribution in [0.3, 0.4) is 0 Å². The van der Waals surface area contributed by atoms with Crippen molar-refractivity contribution in [2.75, 3.05) is 6.61 Å². The predicted molar refractivity (Wildman–Crippen MR) is 72.8 cm³/mol. The number of nitrogens with zero attached hydrogens (tertiary/aromatic N) is 1. The van der Waals surface area contributed by atoms with Crippen molar-refractivity contribution in [3.05, 3.63) is 17.7 Å². The molecule has 23 heavy (non-hydrogen) atoms. The molecule has 11 heteroatoms. The number of ether oxygens (including phenoxy) is 1. The van der Waals surface area contributed by atoms with Crippen molar-refractivity contribution in [3.63, 3.8) is 0 Å². The van der Waals surface area contributed by atoms with Crippen LogP contribution >= 0.6 is 0 Å². The lowest BCUT2D eigenvalue weighted by atomic mass is 10.1. The van der Waals surface area contributed by atoms with Gasteiger partial charge in [-0.15, -0.1) is 0 Å². The highest BCUT2D eigenvalue weighted by Crippen LogP contribution is 2.22. The van der Waals surface area contributed by atoms with Gasteiger partial charge in [0.05, 0.1) is 5.56 Å². The Morgan fingerprint density at radius 2 is 1.87 bits per heavy atom. The van der Waals surface area contributed by atoms with E-state index >= 15 is 0 Å². The van der Waals surface area contributed by atoms with E-state index in [0.717, 1.165) is 12.1 Å². The molecule has 1 heterocycles. The van der Waals surface area contributed by atoms with Crippen LogP contribution < -0.4 is 9.46 Å². The molecule has 0 fully saturated rings. The molecular weight excluding hydrogens is 341 g/mol. The van der Waals surface area contributed by atoms with Gasteiger partial charge in [0.15, 0.2) is 11.6 Å². The maximum absolute atomic E-state index is 12.2. The Bertz CT molecular complexity index is 696. The van der Waals surface area contributed by atoms with Gasteiger partial charge in [-0.05, 0) is 26.8 Å². The van der Waals surface area contributed by atoms with E-state index < -0.39 is 50.8 Å². The smallest absolute Gasteiger partial charge is 0.422 e. The van der Waals surface area contributed by atoms with Crippen LogP contribution in [0.1, 0.15) is 31.1 Å². The van der Waals surface area contributed by atoms with Gasteiger partial charge >= 0.3 is 12.1 Å². The maximum atomic E-state index is 12.2. The molecule has 1 aromatic rings. The van der Waals surface area contributed by atoms with Crippen LogP contribution in [0.2, 0.25) is 0 Å². The topological polar surface area (TPSA) is 106 Å². The Hall–Kier alpha value is -1.88. The van der Waals surface area contributed by atoms with Gasteiger partial charge in [0.1, 0.15) is 0 Å². The zero-order chi connectivity index (χ0) is 18.1. The number of rotatable bonds is 5. The fraction of sp³-hybridized carbons (Fsp3) is 0.500. The van der Waals surface area contributed by atoms with Crippen LogP contribution in [0.15, 0.2) is 17.2 Å². The standard InChI is InChI=1S/C12H15F3N2O5S/c1-11(2,3)17-23(20,21)9-7(10(18)19)4-5-8(16-9)22-6-12(13,14)15/h4-5,17H,6H2,1-3H3,(H,18,19). The van der Waals surface area contributed by atoms with E-state index in [9.17, 15) is 26.4 Å². The number of halogens is 3. The minimum Gasteiger partial charge on any atom is -0.478 e. The van der Waals surface area contributed by atoms with Crippen molar-refractivity contribution in [1.82, 2.24) is 9.71 Å². The zero-order valence-corrected chi connectivity index (χ0v) is 13.2. The number of nitrogens with one attached hydrogen (secondary N) is 1. The molecule has 0 aliphatic rings. The molecule has 0 aliphatic heterocycles. The number of carboxylic acid groups (broad SMARTS) is 1. The molecule has 2 N–H and O–H groups in total. The van der Waals surface area contributed by atoms with Crippen LogP contribution in [0.5, 0.6) is 5.88 Å². The summed E-state index contributed by atoms with van der Waals surface area (Å²) in [5, 5.41) is 8.11. The highest BCUT2D eigenvalue weighted by Gasteiger charge is 2.31. The lowest BCUT2D eigenvalue weighted by molar-refractivity contribution is -0.154. The van der Waals surface area contributed by atoms with Crippen molar-refractivity contribution < 1.29 is 36.2 Å². The highest BCUT2D eigenvalue weighted by atomic mass is 32.2. The molecular formula is C12H15F3N2O5S. The van der Waals surface area contributed by atoms with Crippen LogP contribution in [0.4, 0.5) is 13.2 Å². The first-order valence-electron chi connectivity index (χ1n) is 6.19. The van der Waals surface area contributed by atoms with E-state index in [1.165, 1.54) is 20.8 Å². The van der Waals surface area contributed by atoms with Crippen LogP contribution in [0.25, 0.3) is 0 Å². The number of alkyl halides is 3. The van der Waals surface area contributed by atoms with E-state index in [2.05, 4.69) is 14.4 Å². The van der Waals surface area contributed by atoms with E-state index in [-0.39, 0.29) is 0 Å². The Balaban J connectivity index is 3.29. The molecule has 0 saturated carbocycles. The Morgan fingerprint density at radius 3 is 2.30 bits per heavy atom. The van der Waals surface area contributed by atoms with Crippen LogP contribution in [-0.2, 0) is 10.0 Å². The number of carbonyl (C=O) groups is 1. The summed E-state index contributed by atoms with van der Waals surface area (Å²) >= 11 is 0. The van der Waals surface area contributed by atoms with Gasteiger partial charge in [-0.2, -0.15) is 18.2 Å². The number of hydrogen-bond acceptors (Lipinski definition) is 5. The summed E-state index contributed by atoms with van der Waals surface area (Å²) in [6.45, 7) is 2.84. The molecule has 0 spiro atoms. The fourth-order valence-electron chi connectivity index (χ4n) is 1.48. The van der Waals surface area contributed by atoms with Gasteiger partial charge in [-0.3, -0.25) is 0 Å². The van der Waals surface area contributed by atoms with Crippen molar-refractivity contribution in [3.8, 4) is 5.88 Å². The summed E-state index contributed by atoms with van der Waals surface area (Å²) < 4.78 is 67.3. The summed E-state index contributed by atoms with van der Waals surface area (Å²) in [5.41, 5.74) is -1.62. The first kappa shape index (κ1) is 19.2. The van der Waals surface area contributed by atoms with Crippen LogP contribution in [-0.4, -0.2) is 42.8 Å². The van der Waals surface area contributed by atoms with E-state index in [1.54, 1.807) is 0 Å². The number of pyridine rings is 1. The Labute approximate surface area is 130 Å². The van der Waals surface area contributed by atoms with Gasteiger partial charge in [0.25, 0.3) is 10.0 Å². The van der Waals surface area contributed by atoms with E-state index in [0.29, 0.717) is 0 Å². The molecule has 0 radical (unpaired) electrons. The third kappa shape index (κ3) is 6.02. The quantitative estimate of drug-likeness (QED) is 0.833. The second kappa shape index (κ2) is 6.32. The highest BCUT2D eigenvalue weighted by molar-refractivity contribution is 7.89. The van der Waals surface area contributed by atoms with Crippen molar-refractivity contribution >= 4 is 16.0 Å². The SMILES string of the molecule is CC(C)(C)NS(=O)(=O)c1nc(OCC(F)(F)F)ccc1C(=O)O. The van der Waals surface area contributed by atoms with Gasteiger partial charge in [-0.1, -0.05) is 0 Å². The van der Waals surface area contributed by atoms with Gasteiger partial charge in [-0.25, -0.2) is 17.9 Å². The number of aromatic nitrogens is 1. The summed E-state index contributed by atoms with van der Waals surface area (Å²) in [6.07, 6.45) is -4.64. The molecule has 7 nitrogen and oxygen atoms in total. The number of carboxylic acids is 1. The molecule has 1 rings (SSSR count). The van der Waals surface area contributed by atoms with Gasteiger partial charge in [0.2, 0.25) is 5.88 Å². The summed E-state index contributed by atoms with van der Waals surface area (Å²) in [7, 11) is -4.37. The second-order valence-corrected chi connectivity index (χ2v) is 7.16. The predicted octanol–water partition coefficient (Wildman–Crippen LogP) is 1.80.